The van der Waals surface area contributed by atoms with Gasteiger partial charge in [0.05, 0.1) is 11.4 Å². The Bertz CT molecular complexity index is 2240. The highest BCUT2D eigenvalue weighted by molar-refractivity contribution is 9.11. The Morgan fingerprint density at radius 1 is 0.321 bits per heavy atom. The predicted octanol–water partition coefficient (Wildman–Crippen LogP) is 13.4. The van der Waals surface area contributed by atoms with E-state index in [9.17, 15) is 0 Å². The first-order valence-corrected chi connectivity index (χ1v) is 19.2. The molecule has 0 fully saturated rings. The lowest BCUT2D eigenvalue weighted by molar-refractivity contribution is 0.990. The van der Waals surface area contributed by atoms with Crippen LogP contribution < -0.4 is 0 Å². The Balaban J connectivity index is 0.000000178. The van der Waals surface area contributed by atoms with Gasteiger partial charge in [-0.2, -0.15) is 0 Å². The molecule has 0 atom stereocenters. The molecule has 0 saturated carbocycles. The molecule has 8 aromatic rings. The number of benzene rings is 4. The van der Waals surface area contributed by atoms with E-state index in [1.165, 1.54) is 0 Å². The van der Waals surface area contributed by atoms with Crippen molar-refractivity contribution < 1.29 is 0 Å². The average Bonchev–Trinajstić information content (AvgIpc) is 3.20. The van der Waals surface area contributed by atoms with Crippen LogP contribution in [0, 0.1) is 0 Å². The van der Waals surface area contributed by atoms with E-state index >= 15 is 0 Å². The molecule has 4 aromatic carbocycles. The standard InChI is InChI=1S/C22H14Br2N2.C20H12Br2N4.CH4/c23-18-5-1-15(2-6-18)20-9-10-21(16-11-13-25-14-12-16)26-22(20)17-3-7-19(24)8-4-17;21-16-5-1-13(2-6-16)18-19(14-3-7-17(22)8-4-14)25-26-20(24-18)15-9-11-23-12-10-15;/h1-14H;1-12H;1H4. The minimum Gasteiger partial charge on any atom is -0.265 e. The summed E-state index contributed by atoms with van der Waals surface area (Å²) in [6.45, 7) is 0. The minimum atomic E-state index is 0. The Morgan fingerprint density at radius 3 is 1.23 bits per heavy atom. The van der Waals surface area contributed by atoms with Gasteiger partial charge < -0.3 is 0 Å². The zero-order valence-electron chi connectivity index (χ0n) is 27.2. The summed E-state index contributed by atoms with van der Waals surface area (Å²) < 4.78 is 4.15. The fourth-order valence-electron chi connectivity index (χ4n) is 5.39. The fourth-order valence-corrected chi connectivity index (χ4v) is 6.45. The van der Waals surface area contributed by atoms with Crippen molar-refractivity contribution >= 4 is 63.7 Å². The highest BCUT2D eigenvalue weighted by atomic mass is 79.9. The lowest BCUT2D eigenvalue weighted by Crippen LogP contribution is -2.00. The van der Waals surface area contributed by atoms with E-state index in [4.69, 9.17) is 9.97 Å². The van der Waals surface area contributed by atoms with Gasteiger partial charge >= 0.3 is 0 Å². The van der Waals surface area contributed by atoms with E-state index < -0.39 is 0 Å². The normalized spacial score (nSPS) is 10.5. The molecule has 0 aliphatic carbocycles. The molecule has 10 heteroatoms. The number of nitrogens with zero attached hydrogens (tertiary/aromatic N) is 6. The molecule has 0 amide bonds. The number of rotatable bonds is 6. The maximum Gasteiger partial charge on any atom is 0.182 e. The summed E-state index contributed by atoms with van der Waals surface area (Å²) in [5, 5.41) is 8.84. The first-order chi connectivity index (χ1) is 25.4. The van der Waals surface area contributed by atoms with Gasteiger partial charge in [-0.15, -0.1) is 10.2 Å². The number of aromatic nitrogens is 6. The number of hydrogen-bond donors (Lipinski definition) is 0. The number of pyridine rings is 3. The van der Waals surface area contributed by atoms with Crippen molar-refractivity contribution in [3.8, 4) is 67.5 Å². The molecular weight excluding hydrogens is 920 g/mol. The molecule has 0 N–H and O–H groups in total. The van der Waals surface area contributed by atoms with Crippen LogP contribution in [-0.4, -0.2) is 30.1 Å². The quantitative estimate of drug-likeness (QED) is 0.165. The zero-order chi connectivity index (χ0) is 35.9. The van der Waals surface area contributed by atoms with Crippen LogP contribution in [0.15, 0.2) is 176 Å². The number of hydrogen-bond acceptors (Lipinski definition) is 6. The third-order valence-electron chi connectivity index (χ3n) is 8.00. The van der Waals surface area contributed by atoms with Crippen LogP contribution in [-0.2, 0) is 0 Å². The monoisotopic (exact) mass is 946 g/mol. The highest BCUT2D eigenvalue weighted by Gasteiger charge is 2.15. The molecule has 0 spiro atoms. The summed E-state index contributed by atoms with van der Waals surface area (Å²) in [4.78, 5) is 17.9. The van der Waals surface area contributed by atoms with Crippen molar-refractivity contribution in [1.29, 1.82) is 0 Å². The molecule has 0 saturated heterocycles. The second-order valence-electron chi connectivity index (χ2n) is 11.4. The molecule has 0 aliphatic rings. The van der Waals surface area contributed by atoms with Crippen LogP contribution in [0.2, 0.25) is 0 Å². The molecular formula is C43H30Br4N6. The largest absolute Gasteiger partial charge is 0.265 e. The Hall–Kier alpha value is -4.74. The molecule has 0 unspecified atom stereocenters. The maximum atomic E-state index is 4.99. The Kier molecular flexibility index (Phi) is 12.8. The van der Waals surface area contributed by atoms with Gasteiger partial charge in [0, 0.05) is 76.1 Å². The van der Waals surface area contributed by atoms with Crippen LogP contribution in [0.5, 0.6) is 0 Å². The van der Waals surface area contributed by atoms with E-state index in [1.54, 1.807) is 24.8 Å². The first kappa shape index (κ1) is 38.0. The predicted molar refractivity (Wildman–Crippen MR) is 230 cm³/mol. The van der Waals surface area contributed by atoms with Gasteiger partial charge in [0.2, 0.25) is 0 Å². The molecule has 53 heavy (non-hydrogen) atoms. The van der Waals surface area contributed by atoms with Crippen LogP contribution >= 0.6 is 63.7 Å². The molecule has 0 bridgehead atoms. The van der Waals surface area contributed by atoms with E-state index in [0.29, 0.717) is 5.82 Å². The Labute approximate surface area is 342 Å². The lowest BCUT2D eigenvalue weighted by Gasteiger charge is -2.12. The van der Waals surface area contributed by atoms with Gasteiger partial charge in [0.1, 0.15) is 11.4 Å². The molecule has 8 rings (SSSR count). The molecule has 0 aliphatic heterocycles. The first-order valence-electron chi connectivity index (χ1n) is 16.0. The molecule has 4 aromatic heterocycles. The summed E-state index contributed by atoms with van der Waals surface area (Å²) in [5.41, 5.74) is 10.7. The van der Waals surface area contributed by atoms with Crippen molar-refractivity contribution in [2.24, 2.45) is 0 Å². The van der Waals surface area contributed by atoms with Gasteiger partial charge in [-0.1, -0.05) is 126 Å². The SMILES string of the molecule is Brc1ccc(-c2ccc(-c3ccncc3)nc2-c2ccc(Br)cc2)cc1.Brc1ccc(-c2nnc(-c3ccncc3)nc2-c2ccc(Br)cc2)cc1.C. The second kappa shape index (κ2) is 17.9. The highest BCUT2D eigenvalue weighted by Crippen LogP contribution is 2.35. The van der Waals surface area contributed by atoms with Gasteiger partial charge in [-0.05, 0) is 84.4 Å². The Morgan fingerprint density at radius 2 is 0.736 bits per heavy atom. The maximum absolute atomic E-state index is 4.99. The summed E-state index contributed by atoms with van der Waals surface area (Å²) in [5.74, 6) is 0.575. The topological polar surface area (TPSA) is 77.3 Å². The molecule has 6 nitrogen and oxygen atoms in total. The number of halogens is 4. The van der Waals surface area contributed by atoms with Gasteiger partial charge in [0.15, 0.2) is 5.82 Å². The van der Waals surface area contributed by atoms with Crippen LogP contribution in [0.25, 0.3) is 67.5 Å². The molecule has 260 valence electrons. The van der Waals surface area contributed by atoms with Crippen molar-refractivity contribution in [2.45, 2.75) is 7.43 Å². The van der Waals surface area contributed by atoms with Gasteiger partial charge in [-0.3, -0.25) is 9.97 Å². The van der Waals surface area contributed by atoms with Crippen LogP contribution in [0.4, 0.5) is 0 Å². The summed E-state index contributed by atoms with van der Waals surface area (Å²) in [6.07, 6.45) is 7.03. The molecule has 4 heterocycles. The molecule has 0 radical (unpaired) electrons. The van der Waals surface area contributed by atoms with Crippen molar-refractivity contribution in [2.75, 3.05) is 0 Å². The van der Waals surface area contributed by atoms with Crippen molar-refractivity contribution in [3.63, 3.8) is 0 Å². The third-order valence-corrected chi connectivity index (χ3v) is 10.1. The van der Waals surface area contributed by atoms with E-state index in [1.807, 2.05) is 84.9 Å². The van der Waals surface area contributed by atoms with E-state index in [0.717, 1.165) is 79.6 Å². The average molecular weight is 950 g/mol. The summed E-state index contributed by atoms with van der Waals surface area (Å²) in [6, 6.07) is 44.5. The van der Waals surface area contributed by atoms with Crippen LogP contribution in [0.1, 0.15) is 7.43 Å². The van der Waals surface area contributed by atoms with Gasteiger partial charge in [-0.25, -0.2) is 9.97 Å². The lowest BCUT2D eigenvalue weighted by atomic mass is 9.98. The third kappa shape index (κ3) is 9.44. The van der Waals surface area contributed by atoms with Crippen molar-refractivity contribution in [1.82, 2.24) is 30.1 Å². The van der Waals surface area contributed by atoms with Crippen molar-refractivity contribution in [3.05, 3.63) is 176 Å². The van der Waals surface area contributed by atoms with E-state index in [-0.39, 0.29) is 7.43 Å². The summed E-state index contributed by atoms with van der Waals surface area (Å²) >= 11 is 14.0. The zero-order valence-corrected chi connectivity index (χ0v) is 33.6. The second-order valence-corrected chi connectivity index (χ2v) is 15.1. The van der Waals surface area contributed by atoms with Crippen LogP contribution in [0.3, 0.4) is 0 Å². The minimum absolute atomic E-state index is 0. The van der Waals surface area contributed by atoms with E-state index in [2.05, 4.69) is 132 Å². The summed E-state index contributed by atoms with van der Waals surface area (Å²) in [7, 11) is 0. The van der Waals surface area contributed by atoms with Gasteiger partial charge in [0.25, 0.3) is 0 Å². The smallest absolute Gasteiger partial charge is 0.182 e. The fraction of sp³-hybridized carbons (Fsp3) is 0.0233.